The van der Waals surface area contributed by atoms with Crippen molar-refractivity contribution in [2.75, 3.05) is 0 Å². The molecule has 0 fully saturated rings. The first kappa shape index (κ1) is 15.3. The Hall–Kier alpha value is -0.110. The first-order valence-electron chi connectivity index (χ1n) is 5.45. The molecule has 0 nitrogen and oxygen atoms in total. The van der Waals surface area contributed by atoms with Gasteiger partial charge in [-0.1, -0.05) is 82.3 Å². The van der Waals surface area contributed by atoms with Crippen molar-refractivity contribution in [3.8, 4) is 0 Å². The summed E-state index contributed by atoms with van der Waals surface area (Å²) in [5.74, 6) is -0.435. The van der Waals surface area contributed by atoms with Crippen molar-refractivity contribution in [1.29, 1.82) is 0 Å². The molecule has 0 saturated carbocycles. The van der Waals surface area contributed by atoms with Crippen molar-refractivity contribution in [3.63, 3.8) is 0 Å². The summed E-state index contributed by atoms with van der Waals surface area (Å²) < 4.78 is -1.49. The Labute approximate surface area is 137 Å². The average Bonchev–Trinajstić information content (AvgIpc) is 2.27. The van der Waals surface area contributed by atoms with E-state index in [1.54, 1.807) is 24.3 Å². The number of rotatable bonds is 2. The van der Waals surface area contributed by atoms with Crippen molar-refractivity contribution in [1.82, 2.24) is 0 Å². The molecule has 100 valence electrons. The van der Waals surface area contributed by atoms with Gasteiger partial charge in [-0.25, -0.2) is 0 Å². The molecule has 2 rings (SSSR count). The van der Waals surface area contributed by atoms with Crippen LogP contribution in [0.2, 0.25) is 10.0 Å². The number of alkyl halides is 3. The lowest BCUT2D eigenvalue weighted by Crippen LogP contribution is -2.18. The van der Waals surface area contributed by atoms with Crippen molar-refractivity contribution in [2.45, 2.75) is 9.71 Å². The van der Waals surface area contributed by atoms with Crippen LogP contribution in [0, 0.1) is 0 Å². The topological polar surface area (TPSA) is 0 Å². The van der Waals surface area contributed by atoms with E-state index in [9.17, 15) is 0 Å². The highest BCUT2D eigenvalue weighted by atomic mass is 35.6. The lowest BCUT2D eigenvalue weighted by molar-refractivity contribution is 0.839. The highest BCUT2D eigenvalue weighted by molar-refractivity contribution is 6.68. The van der Waals surface area contributed by atoms with E-state index < -0.39 is 9.71 Å². The third-order valence-corrected chi connectivity index (χ3v) is 3.82. The molecule has 0 N–H and O–H groups in total. The standard InChI is InChI=1S/C14H9Cl5/c15-11-5-1-3-9(7-11)13(14(17,18)19)10-4-2-6-12(16)8-10/h1-8,13H. The van der Waals surface area contributed by atoms with E-state index in [0.717, 1.165) is 11.1 Å². The summed E-state index contributed by atoms with van der Waals surface area (Å²) in [5, 5.41) is 1.19. The van der Waals surface area contributed by atoms with Crippen molar-refractivity contribution < 1.29 is 0 Å². The summed E-state index contributed by atoms with van der Waals surface area (Å²) >= 11 is 30.4. The second-order valence-electron chi connectivity index (χ2n) is 4.08. The number of hydrogen-bond acceptors (Lipinski definition) is 0. The van der Waals surface area contributed by atoms with Crippen LogP contribution in [-0.2, 0) is 0 Å². The molecule has 2 aromatic carbocycles. The molecule has 0 unspecified atom stereocenters. The Balaban J connectivity index is 2.54. The summed E-state index contributed by atoms with van der Waals surface area (Å²) in [4.78, 5) is 0. The first-order valence-corrected chi connectivity index (χ1v) is 7.34. The smallest absolute Gasteiger partial charge is 0.0843 e. The number of hydrogen-bond donors (Lipinski definition) is 0. The van der Waals surface area contributed by atoms with Gasteiger partial charge in [0.1, 0.15) is 0 Å². The zero-order valence-corrected chi connectivity index (χ0v) is 13.4. The van der Waals surface area contributed by atoms with Crippen LogP contribution in [0.3, 0.4) is 0 Å². The highest BCUT2D eigenvalue weighted by Crippen LogP contribution is 2.46. The molecule has 2 aromatic rings. The second-order valence-corrected chi connectivity index (χ2v) is 7.33. The van der Waals surface area contributed by atoms with Gasteiger partial charge in [0.25, 0.3) is 0 Å². The van der Waals surface area contributed by atoms with Crippen molar-refractivity contribution in [3.05, 3.63) is 69.7 Å². The van der Waals surface area contributed by atoms with E-state index in [-0.39, 0.29) is 0 Å². The largest absolute Gasteiger partial charge is 0.201 e. The fourth-order valence-corrected chi connectivity index (χ4v) is 3.10. The maximum absolute atomic E-state index is 6.12. The van der Waals surface area contributed by atoms with Gasteiger partial charge in [-0.3, -0.25) is 0 Å². The Morgan fingerprint density at radius 2 is 1.16 bits per heavy atom. The Bertz CT molecular complexity index is 529. The van der Waals surface area contributed by atoms with Gasteiger partial charge in [0.2, 0.25) is 3.79 Å². The zero-order valence-electron chi connectivity index (χ0n) is 9.59. The minimum absolute atomic E-state index is 0.435. The van der Waals surface area contributed by atoms with Gasteiger partial charge in [-0.15, -0.1) is 0 Å². The summed E-state index contributed by atoms with van der Waals surface area (Å²) in [5.41, 5.74) is 1.66. The summed E-state index contributed by atoms with van der Waals surface area (Å²) in [6, 6.07) is 14.5. The quantitative estimate of drug-likeness (QED) is 0.540. The molecule has 0 radical (unpaired) electrons. The molecule has 0 atom stereocenters. The van der Waals surface area contributed by atoms with Crippen molar-refractivity contribution >= 4 is 58.0 Å². The Morgan fingerprint density at radius 3 is 1.47 bits per heavy atom. The normalized spacial score (nSPS) is 11.9. The molecule has 0 aliphatic rings. The molecule has 0 aromatic heterocycles. The molecular formula is C14H9Cl5. The fourth-order valence-electron chi connectivity index (χ4n) is 1.94. The molecule has 19 heavy (non-hydrogen) atoms. The van der Waals surface area contributed by atoms with Crippen LogP contribution in [0.15, 0.2) is 48.5 Å². The number of halogens is 5. The lowest BCUT2D eigenvalue weighted by Gasteiger charge is -2.25. The molecule has 0 aliphatic carbocycles. The molecular weight excluding hydrogens is 345 g/mol. The van der Waals surface area contributed by atoms with Crippen LogP contribution < -0.4 is 0 Å². The van der Waals surface area contributed by atoms with Gasteiger partial charge in [0.15, 0.2) is 0 Å². The fraction of sp³-hybridized carbons (Fsp3) is 0.143. The monoisotopic (exact) mass is 352 g/mol. The maximum atomic E-state index is 6.12. The minimum atomic E-state index is -1.49. The van der Waals surface area contributed by atoms with Gasteiger partial charge in [-0.05, 0) is 35.4 Å². The lowest BCUT2D eigenvalue weighted by atomic mass is 9.92. The van der Waals surface area contributed by atoms with Crippen LogP contribution in [0.1, 0.15) is 17.0 Å². The zero-order chi connectivity index (χ0) is 14.0. The molecule has 0 saturated heterocycles. The first-order chi connectivity index (χ1) is 8.88. The molecule has 0 bridgehead atoms. The number of benzene rings is 2. The average molecular weight is 354 g/mol. The summed E-state index contributed by atoms with van der Waals surface area (Å²) in [7, 11) is 0. The van der Waals surface area contributed by atoms with Crippen LogP contribution in [0.5, 0.6) is 0 Å². The van der Waals surface area contributed by atoms with E-state index in [1.165, 1.54) is 0 Å². The van der Waals surface area contributed by atoms with Crippen LogP contribution in [0.25, 0.3) is 0 Å². The van der Waals surface area contributed by atoms with Gasteiger partial charge >= 0.3 is 0 Å². The summed E-state index contributed by atoms with van der Waals surface area (Å²) in [6.07, 6.45) is 0. The van der Waals surface area contributed by atoms with E-state index in [1.807, 2.05) is 24.3 Å². The van der Waals surface area contributed by atoms with E-state index in [2.05, 4.69) is 0 Å². The third-order valence-electron chi connectivity index (χ3n) is 2.69. The van der Waals surface area contributed by atoms with E-state index in [4.69, 9.17) is 58.0 Å². The molecule has 0 heterocycles. The predicted octanol–water partition coefficient (Wildman–Crippen LogP) is 6.50. The molecule has 0 amide bonds. The minimum Gasteiger partial charge on any atom is -0.0843 e. The van der Waals surface area contributed by atoms with Gasteiger partial charge in [0, 0.05) is 10.0 Å². The van der Waals surface area contributed by atoms with Crippen LogP contribution in [0.4, 0.5) is 0 Å². The maximum Gasteiger partial charge on any atom is 0.201 e. The van der Waals surface area contributed by atoms with Crippen LogP contribution >= 0.6 is 58.0 Å². The van der Waals surface area contributed by atoms with E-state index >= 15 is 0 Å². The molecule has 0 aliphatic heterocycles. The van der Waals surface area contributed by atoms with Crippen molar-refractivity contribution in [2.24, 2.45) is 0 Å². The van der Waals surface area contributed by atoms with Gasteiger partial charge < -0.3 is 0 Å². The third kappa shape index (κ3) is 3.93. The van der Waals surface area contributed by atoms with E-state index in [0.29, 0.717) is 10.0 Å². The second kappa shape index (κ2) is 6.11. The Morgan fingerprint density at radius 1 is 0.737 bits per heavy atom. The molecule has 0 spiro atoms. The highest BCUT2D eigenvalue weighted by Gasteiger charge is 2.35. The predicted molar refractivity (Wildman–Crippen MR) is 85.0 cm³/mol. The molecule has 5 heteroatoms. The SMILES string of the molecule is Clc1cccc(C(c2cccc(Cl)c2)C(Cl)(Cl)Cl)c1. The summed E-state index contributed by atoms with van der Waals surface area (Å²) in [6.45, 7) is 0. The Kier molecular flexibility index (Phi) is 4.92. The van der Waals surface area contributed by atoms with Gasteiger partial charge in [-0.2, -0.15) is 0 Å². The van der Waals surface area contributed by atoms with Gasteiger partial charge in [0.05, 0.1) is 5.92 Å². The van der Waals surface area contributed by atoms with Crippen LogP contribution in [-0.4, -0.2) is 3.79 Å².